The second kappa shape index (κ2) is 8.35. The third kappa shape index (κ3) is 3.45. The molecule has 0 fully saturated rings. The Morgan fingerprint density at radius 3 is 2.72 bits per heavy atom. The Hall–Kier alpha value is -4.44. The number of furan rings is 1. The van der Waals surface area contributed by atoms with Gasteiger partial charge in [-0.2, -0.15) is 0 Å². The number of aromatic hydroxyl groups is 2. The molecule has 2 aromatic carbocycles. The van der Waals surface area contributed by atoms with Crippen molar-refractivity contribution in [2.75, 3.05) is 13.4 Å². The van der Waals surface area contributed by atoms with Crippen LogP contribution in [-0.4, -0.2) is 38.9 Å². The van der Waals surface area contributed by atoms with Crippen molar-refractivity contribution >= 4 is 27.3 Å². The number of aryl methyl sites for hydroxylation is 1. The third-order valence-electron chi connectivity index (χ3n) is 5.81. The number of nitrogens with zero attached hydrogens (tertiary/aromatic N) is 2. The Morgan fingerprint density at radius 1 is 1.11 bits per heavy atom. The normalized spacial score (nSPS) is 12.4. The largest absolute Gasteiger partial charge is 0.503 e. The summed E-state index contributed by atoms with van der Waals surface area (Å²) in [5.74, 6) is 0.645. The SMILES string of the molecule is CCOc1ccc2nc(-n3c(O)c(O)c(C(=O)c4ccc(C)o4)c3-c3ccc4c(c3)OCO4)sc2c1. The highest BCUT2D eigenvalue weighted by molar-refractivity contribution is 7.20. The second-order valence-corrected chi connectivity index (χ2v) is 9.11. The molecule has 0 aliphatic carbocycles. The molecular weight excluding hydrogens is 484 g/mol. The molecule has 182 valence electrons. The van der Waals surface area contributed by atoms with Crippen molar-refractivity contribution in [1.29, 1.82) is 0 Å². The van der Waals surface area contributed by atoms with Crippen LogP contribution in [0.3, 0.4) is 0 Å². The Bertz CT molecular complexity index is 1650. The summed E-state index contributed by atoms with van der Waals surface area (Å²) < 4.78 is 24.3. The highest BCUT2D eigenvalue weighted by Crippen LogP contribution is 2.47. The van der Waals surface area contributed by atoms with Gasteiger partial charge >= 0.3 is 0 Å². The van der Waals surface area contributed by atoms with Crippen molar-refractivity contribution in [1.82, 2.24) is 9.55 Å². The molecule has 0 saturated carbocycles. The fraction of sp³-hybridized carbons (Fsp3) is 0.154. The first-order valence-electron chi connectivity index (χ1n) is 11.2. The molecule has 36 heavy (non-hydrogen) atoms. The van der Waals surface area contributed by atoms with Gasteiger partial charge in [-0.1, -0.05) is 11.3 Å². The first-order chi connectivity index (χ1) is 17.4. The van der Waals surface area contributed by atoms with Gasteiger partial charge in [-0.25, -0.2) is 4.98 Å². The lowest BCUT2D eigenvalue weighted by molar-refractivity contribution is 0.101. The molecule has 0 saturated heterocycles. The fourth-order valence-electron chi connectivity index (χ4n) is 4.19. The summed E-state index contributed by atoms with van der Waals surface area (Å²) in [6.07, 6.45) is 0. The van der Waals surface area contributed by atoms with Crippen LogP contribution >= 0.6 is 11.3 Å². The lowest BCUT2D eigenvalue weighted by atomic mass is 10.0. The quantitative estimate of drug-likeness (QED) is 0.294. The average molecular weight is 505 g/mol. The number of hydrogen-bond acceptors (Lipinski definition) is 9. The molecule has 0 unspecified atom stereocenters. The molecule has 0 amide bonds. The van der Waals surface area contributed by atoms with Crippen LogP contribution in [0.15, 0.2) is 52.9 Å². The number of aromatic nitrogens is 2. The Labute approximate surface area is 208 Å². The first kappa shape index (κ1) is 22.1. The highest BCUT2D eigenvalue weighted by atomic mass is 32.1. The van der Waals surface area contributed by atoms with Crippen LogP contribution in [0.1, 0.15) is 28.8 Å². The molecule has 0 bridgehead atoms. The summed E-state index contributed by atoms with van der Waals surface area (Å²) in [4.78, 5) is 18.2. The predicted octanol–water partition coefficient (Wildman–Crippen LogP) is 5.43. The van der Waals surface area contributed by atoms with Crippen LogP contribution in [-0.2, 0) is 0 Å². The van der Waals surface area contributed by atoms with E-state index in [2.05, 4.69) is 4.98 Å². The van der Waals surface area contributed by atoms with Crippen molar-refractivity contribution in [3.63, 3.8) is 0 Å². The Balaban J connectivity index is 1.60. The lowest BCUT2D eigenvalue weighted by Crippen LogP contribution is -2.04. The van der Waals surface area contributed by atoms with Crippen molar-refractivity contribution in [3.8, 4) is 45.3 Å². The summed E-state index contributed by atoms with van der Waals surface area (Å²) in [7, 11) is 0. The van der Waals surface area contributed by atoms with E-state index in [-0.39, 0.29) is 23.8 Å². The van der Waals surface area contributed by atoms with Gasteiger partial charge in [-0.05, 0) is 62.4 Å². The number of carbonyl (C=O) groups excluding carboxylic acids is 1. The van der Waals surface area contributed by atoms with Gasteiger partial charge in [0, 0.05) is 5.56 Å². The van der Waals surface area contributed by atoms with Gasteiger partial charge in [0.2, 0.25) is 18.5 Å². The smallest absolute Gasteiger partial charge is 0.242 e. The zero-order valence-electron chi connectivity index (χ0n) is 19.3. The van der Waals surface area contributed by atoms with E-state index in [1.54, 1.807) is 31.2 Å². The van der Waals surface area contributed by atoms with E-state index in [1.807, 2.05) is 25.1 Å². The lowest BCUT2D eigenvalue weighted by Gasteiger charge is -2.09. The number of hydrogen-bond donors (Lipinski definition) is 2. The minimum Gasteiger partial charge on any atom is -0.503 e. The van der Waals surface area contributed by atoms with E-state index in [4.69, 9.17) is 18.6 Å². The number of benzene rings is 2. The van der Waals surface area contributed by atoms with Crippen molar-refractivity contribution in [2.45, 2.75) is 13.8 Å². The van der Waals surface area contributed by atoms with Crippen LogP contribution in [0, 0.1) is 6.92 Å². The standard InChI is InChI=1S/C26H20N2O7S/c1-3-32-15-6-7-16-20(11-15)36-26(27-16)28-22(14-5-9-17-19(10-14)34-12-33-17)21(24(30)25(28)31)23(29)18-8-4-13(2)35-18/h4-11,30-31H,3,12H2,1-2H3. The molecule has 0 radical (unpaired) electrons. The van der Waals surface area contributed by atoms with Crippen LogP contribution in [0.5, 0.6) is 28.9 Å². The zero-order chi connectivity index (χ0) is 25.0. The van der Waals surface area contributed by atoms with E-state index < -0.39 is 17.4 Å². The van der Waals surface area contributed by atoms with Crippen LogP contribution < -0.4 is 14.2 Å². The molecule has 6 rings (SSSR count). The van der Waals surface area contributed by atoms with Crippen LogP contribution in [0.2, 0.25) is 0 Å². The summed E-state index contributed by atoms with van der Waals surface area (Å²) in [5.41, 5.74) is 1.31. The molecule has 4 heterocycles. The maximum atomic E-state index is 13.5. The van der Waals surface area contributed by atoms with Gasteiger partial charge in [0.25, 0.3) is 0 Å². The monoisotopic (exact) mass is 504 g/mol. The molecular formula is C26H20N2O7S. The van der Waals surface area contributed by atoms with E-state index >= 15 is 0 Å². The van der Waals surface area contributed by atoms with E-state index in [0.717, 1.165) is 4.70 Å². The maximum Gasteiger partial charge on any atom is 0.242 e. The summed E-state index contributed by atoms with van der Waals surface area (Å²) in [5, 5.41) is 22.5. The van der Waals surface area contributed by atoms with Gasteiger partial charge in [-0.15, -0.1) is 0 Å². The van der Waals surface area contributed by atoms with Gasteiger partial charge in [0.05, 0.1) is 28.1 Å². The predicted molar refractivity (Wildman–Crippen MR) is 132 cm³/mol. The van der Waals surface area contributed by atoms with Crippen molar-refractivity contribution in [3.05, 3.63) is 65.6 Å². The molecule has 5 aromatic rings. The van der Waals surface area contributed by atoms with E-state index in [0.29, 0.717) is 45.8 Å². The molecule has 10 heteroatoms. The van der Waals surface area contributed by atoms with Gasteiger partial charge in [0.15, 0.2) is 28.1 Å². The minimum atomic E-state index is -0.581. The van der Waals surface area contributed by atoms with E-state index in [1.165, 1.54) is 22.0 Å². The fourth-order valence-corrected chi connectivity index (χ4v) is 5.19. The topological polar surface area (TPSA) is 116 Å². The number of carbonyl (C=O) groups is 1. The average Bonchev–Trinajstić information content (AvgIpc) is 3.64. The minimum absolute atomic E-state index is 0.0348. The second-order valence-electron chi connectivity index (χ2n) is 8.10. The summed E-state index contributed by atoms with van der Waals surface area (Å²) in [6, 6.07) is 13.8. The van der Waals surface area contributed by atoms with E-state index in [9.17, 15) is 15.0 Å². The number of ketones is 1. The molecule has 0 spiro atoms. The molecule has 1 aliphatic heterocycles. The van der Waals surface area contributed by atoms with Crippen LogP contribution in [0.4, 0.5) is 0 Å². The molecule has 1 aliphatic rings. The first-order valence-corrected chi connectivity index (χ1v) is 12.0. The number of fused-ring (bicyclic) bond motifs is 2. The summed E-state index contributed by atoms with van der Waals surface area (Å²) in [6.45, 7) is 4.22. The van der Waals surface area contributed by atoms with Crippen LogP contribution in [0.25, 0.3) is 26.6 Å². The zero-order valence-corrected chi connectivity index (χ0v) is 20.1. The molecule has 9 nitrogen and oxygen atoms in total. The molecule has 2 N–H and O–H groups in total. The van der Waals surface area contributed by atoms with Crippen molar-refractivity contribution in [2.24, 2.45) is 0 Å². The van der Waals surface area contributed by atoms with Gasteiger partial charge < -0.3 is 28.8 Å². The molecule has 3 aromatic heterocycles. The Morgan fingerprint density at radius 2 is 1.94 bits per heavy atom. The molecule has 0 atom stereocenters. The highest BCUT2D eigenvalue weighted by Gasteiger charge is 2.33. The maximum absolute atomic E-state index is 13.5. The van der Waals surface area contributed by atoms with Gasteiger partial charge in [0.1, 0.15) is 11.5 Å². The number of rotatable bonds is 6. The van der Waals surface area contributed by atoms with Crippen molar-refractivity contribution < 1.29 is 33.6 Å². The third-order valence-corrected chi connectivity index (χ3v) is 6.81. The number of ether oxygens (including phenoxy) is 3. The van der Waals surface area contributed by atoms with Gasteiger partial charge in [-0.3, -0.25) is 9.36 Å². The number of thiazole rings is 1. The summed E-state index contributed by atoms with van der Waals surface area (Å²) >= 11 is 1.28. The Kier molecular flexibility index (Phi) is 5.11.